The summed E-state index contributed by atoms with van der Waals surface area (Å²) in [5.41, 5.74) is 1.47. The minimum atomic E-state index is -0.769. The van der Waals surface area contributed by atoms with Gasteiger partial charge in [0.25, 0.3) is 5.91 Å². The Morgan fingerprint density at radius 2 is 1.96 bits per heavy atom. The van der Waals surface area contributed by atoms with Crippen molar-refractivity contribution in [2.45, 2.75) is 59.4 Å². The highest BCUT2D eigenvalue weighted by Crippen LogP contribution is 2.25. The second kappa shape index (κ2) is 7.89. The van der Waals surface area contributed by atoms with E-state index < -0.39 is 5.54 Å². The summed E-state index contributed by atoms with van der Waals surface area (Å²) in [6, 6.07) is 5.80. The molecule has 3 amide bonds. The number of ether oxygens (including phenoxy) is 1. The van der Waals surface area contributed by atoms with Gasteiger partial charge in [-0.1, -0.05) is 26.0 Å². The normalized spacial score (nSPS) is 20.3. The lowest BCUT2D eigenvalue weighted by molar-refractivity contribution is -0.131. The van der Waals surface area contributed by atoms with Gasteiger partial charge in [-0.2, -0.15) is 0 Å². The highest BCUT2D eigenvalue weighted by molar-refractivity contribution is 6.06. The molecule has 0 saturated carbocycles. The van der Waals surface area contributed by atoms with Crippen molar-refractivity contribution in [2.75, 3.05) is 13.2 Å². The molecule has 138 valence electrons. The topological polar surface area (TPSA) is 58.6 Å². The summed E-state index contributed by atoms with van der Waals surface area (Å²) in [6.45, 7) is 10.9. The Kier molecular flexibility index (Phi) is 6.09. The number of carbonyl (C=O) groups is 2. The van der Waals surface area contributed by atoms with Crippen LogP contribution in [0.1, 0.15) is 51.2 Å². The van der Waals surface area contributed by atoms with Gasteiger partial charge in [0.05, 0.1) is 6.61 Å². The molecule has 25 heavy (non-hydrogen) atoms. The fourth-order valence-electron chi connectivity index (χ4n) is 2.96. The first-order valence-corrected chi connectivity index (χ1v) is 9.07. The molecule has 5 nitrogen and oxygen atoms in total. The van der Waals surface area contributed by atoms with E-state index in [2.05, 4.69) is 19.2 Å². The van der Waals surface area contributed by atoms with E-state index in [9.17, 15) is 9.59 Å². The third kappa shape index (κ3) is 4.74. The van der Waals surface area contributed by atoms with Crippen LogP contribution in [0.25, 0.3) is 0 Å². The highest BCUT2D eigenvalue weighted by Gasteiger charge is 2.46. The van der Waals surface area contributed by atoms with E-state index in [1.165, 1.54) is 4.90 Å². The maximum atomic E-state index is 12.6. The number of carbonyl (C=O) groups excluding carboxylic acids is 2. The molecule has 2 rings (SSSR count). The number of nitrogens with zero attached hydrogens (tertiary/aromatic N) is 1. The Morgan fingerprint density at radius 3 is 2.64 bits per heavy atom. The molecule has 1 fully saturated rings. The van der Waals surface area contributed by atoms with Crippen LogP contribution >= 0.6 is 0 Å². The third-order valence-electron chi connectivity index (χ3n) is 4.69. The molecule has 1 aromatic carbocycles. The number of rotatable bonds is 8. The van der Waals surface area contributed by atoms with Crippen molar-refractivity contribution >= 4 is 11.9 Å². The van der Waals surface area contributed by atoms with Crippen LogP contribution in [-0.4, -0.2) is 35.5 Å². The molecule has 0 radical (unpaired) electrons. The van der Waals surface area contributed by atoms with Crippen molar-refractivity contribution in [2.24, 2.45) is 5.92 Å². The van der Waals surface area contributed by atoms with Crippen molar-refractivity contribution in [1.29, 1.82) is 0 Å². The quantitative estimate of drug-likeness (QED) is 0.575. The fraction of sp³-hybridized carbons (Fsp3) is 0.600. The zero-order chi connectivity index (χ0) is 18.6. The van der Waals surface area contributed by atoms with Crippen LogP contribution in [0.5, 0.6) is 5.75 Å². The first-order chi connectivity index (χ1) is 11.7. The summed E-state index contributed by atoms with van der Waals surface area (Å²) in [6.07, 6.45) is 2.20. The van der Waals surface area contributed by atoms with Crippen molar-refractivity contribution in [3.8, 4) is 5.75 Å². The molecule has 1 atom stereocenters. The summed E-state index contributed by atoms with van der Waals surface area (Å²) in [5.74, 6) is 1.24. The van der Waals surface area contributed by atoms with Gasteiger partial charge in [0.15, 0.2) is 0 Å². The molecule has 0 bridgehead atoms. The molecule has 0 aromatic heterocycles. The lowest BCUT2D eigenvalue weighted by Gasteiger charge is -2.22. The van der Waals surface area contributed by atoms with Gasteiger partial charge in [-0.15, -0.1) is 0 Å². The van der Waals surface area contributed by atoms with E-state index in [0.717, 1.165) is 23.3 Å². The molecule has 5 heteroatoms. The van der Waals surface area contributed by atoms with Crippen molar-refractivity contribution in [3.63, 3.8) is 0 Å². The third-order valence-corrected chi connectivity index (χ3v) is 4.69. The Balaban J connectivity index is 1.85. The van der Waals surface area contributed by atoms with E-state index in [0.29, 0.717) is 31.9 Å². The van der Waals surface area contributed by atoms with Crippen LogP contribution in [0, 0.1) is 19.8 Å². The van der Waals surface area contributed by atoms with Crippen LogP contribution in [0.3, 0.4) is 0 Å². The van der Waals surface area contributed by atoms with Crippen LogP contribution in [0.15, 0.2) is 18.2 Å². The molecule has 1 aliphatic rings. The SMILES string of the molecule is Cc1ccc(C)c(OCCCN2C(=O)NC(C)(CCC(C)C)C2=O)c1. The lowest BCUT2D eigenvalue weighted by atomic mass is 9.92. The lowest BCUT2D eigenvalue weighted by Crippen LogP contribution is -2.44. The molecule has 1 saturated heterocycles. The molecular formula is C20H30N2O3. The van der Waals surface area contributed by atoms with E-state index in [1.807, 2.05) is 39.0 Å². The number of benzene rings is 1. The van der Waals surface area contributed by atoms with Crippen LogP contribution in [0.2, 0.25) is 0 Å². The average Bonchev–Trinajstić information content (AvgIpc) is 2.76. The Bertz CT molecular complexity index is 642. The standard InChI is InChI=1S/C20H30N2O3/c1-14(2)9-10-20(5)18(23)22(19(24)21-20)11-6-12-25-17-13-15(3)7-8-16(17)4/h7-8,13-14H,6,9-12H2,1-5H3,(H,21,24). The largest absolute Gasteiger partial charge is 0.493 e. The van der Waals surface area contributed by atoms with E-state index in [-0.39, 0.29) is 11.9 Å². The minimum Gasteiger partial charge on any atom is -0.493 e. The van der Waals surface area contributed by atoms with Gasteiger partial charge in [0.2, 0.25) is 0 Å². The van der Waals surface area contributed by atoms with Crippen molar-refractivity contribution in [1.82, 2.24) is 10.2 Å². The highest BCUT2D eigenvalue weighted by atomic mass is 16.5. The Morgan fingerprint density at radius 1 is 1.24 bits per heavy atom. The molecule has 0 spiro atoms. The van der Waals surface area contributed by atoms with E-state index in [4.69, 9.17) is 4.74 Å². The Hall–Kier alpha value is -2.04. The summed E-state index contributed by atoms with van der Waals surface area (Å²) < 4.78 is 5.81. The van der Waals surface area contributed by atoms with Gasteiger partial charge in [-0.25, -0.2) is 4.79 Å². The van der Waals surface area contributed by atoms with Gasteiger partial charge in [-0.05, 0) is 63.1 Å². The van der Waals surface area contributed by atoms with Crippen molar-refractivity contribution in [3.05, 3.63) is 29.3 Å². The molecule has 1 aliphatic heterocycles. The second-order valence-electron chi connectivity index (χ2n) is 7.62. The molecule has 1 unspecified atom stereocenters. The summed E-state index contributed by atoms with van der Waals surface area (Å²) in [7, 11) is 0. The fourth-order valence-corrected chi connectivity index (χ4v) is 2.96. The zero-order valence-electron chi connectivity index (χ0n) is 16.0. The number of nitrogens with one attached hydrogen (secondary N) is 1. The number of hydrogen-bond donors (Lipinski definition) is 1. The van der Waals surface area contributed by atoms with Crippen LogP contribution < -0.4 is 10.1 Å². The maximum absolute atomic E-state index is 12.6. The summed E-state index contributed by atoms with van der Waals surface area (Å²) in [5, 5.41) is 2.86. The number of aryl methyl sites for hydroxylation is 2. The number of imide groups is 1. The smallest absolute Gasteiger partial charge is 0.325 e. The molecule has 1 aromatic rings. The first kappa shape index (κ1) is 19.3. The van der Waals surface area contributed by atoms with Gasteiger partial charge in [0.1, 0.15) is 11.3 Å². The predicted molar refractivity (Wildman–Crippen MR) is 98.7 cm³/mol. The zero-order valence-corrected chi connectivity index (χ0v) is 16.0. The average molecular weight is 346 g/mol. The van der Waals surface area contributed by atoms with Gasteiger partial charge >= 0.3 is 6.03 Å². The number of amides is 3. The van der Waals surface area contributed by atoms with Gasteiger partial charge in [0, 0.05) is 6.54 Å². The number of urea groups is 1. The first-order valence-electron chi connectivity index (χ1n) is 9.07. The van der Waals surface area contributed by atoms with E-state index >= 15 is 0 Å². The summed E-state index contributed by atoms with van der Waals surface area (Å²) in [4.78, 5) is 26.1. The minimum absolute atomic E-state index is 0.120. The maximum Gasteiger partial charge on any atom is 0.325 e. The summed E-state index contributed by atoms with van der Waals surface area (Å²) >= 11 is 0. The van der Waals surface area contributed by atoms with E-state index in [1.54, 1.807) is 0 Å². The predicted octanol–water partition coefficient (Wildman–Crippen LogP) is 3.82. The Labute approximate surface area is 150 Å². The van der Waals surface area contributed by atoms with Crippen molar-refractivity contribution < 1.29 is 14.3 Å². The monoisotopic (exact) mass is 346 g/mol. The second-order valence-corrected chi connectivity index (χ2v) is 7.62. The molecule has 0 aliphatic carbocycles. The molecule has 1 N–H and O–H groups in total. The number of hydrogen-bond acceptors (Lipinski definition) is 3. The molecule has 1 heterocycles. The van der Waals surface area contributed by atoms with Gasteiger partial charge in [-0.3, -0.25) is 9.69 Å². The molecular weight excluding hydrogens is 316 g/mol. The van der Waals surface area contributed by atoms with Crippen LogP contribution in [0.4, 0.5) is 4.79 Å². The van der Waals surface area contributed by atoms with Gasteiger partial charge < -0.3 is 10.1 Å². The van der Waals surface area contributed by atoms with Crippen LogP contribution in [-0.2, 0) is 4.79 Å².